The van der Waals surface area contributed by atoms with Crippen LogP contribution in [-0.2, 0) is 0 Å². The van der Waals surface area contributed by atoms with Gasteiger partial charge in [0.15, 0.2) is 0 Å². The Morgan fingerprint density at radius 2 is 2.29 bits per heavy atom. The van der Waals surface area contributed by atoms with Gasteiger partial charge in [0, 0.05) is 12.6 Å². The largest absolute Gasteiger partial charge is 0.311 e. The first-order chi connectivity index (χ1) is 3.29. The van der Waals surface area contributed by atoms with Crippen molar-refractivity contribution < 1.29 is 0 Å². The molecule has 1 aliphatic rings. The molecule has 0 bridgehead atoms. The van der Waals surface area contributed by atoms with Crippen LogP contribution in [0.25, 0.3) is 0 Å². The van der Waals surface area contributed by atoms with Crippen molar-refractivity contribution in [2.24, 2.45) is 5.92 Å². The van der Waals surface area contributed by atoms with E-state index in [1.807, 2.05) is 0 Å². The predicted octanol–water partition coefficient (Wildman–Crippen LogP) is 1.00. The van der Waals surface area contributed by atoms with Crippen molar-refractivity contribution in [1.82, 2.24) is 5.32 Å². The lowest BCUT2D eigenvalue weighted by Crippen LogP contribution is -1.95. The molecule has 7 heavy (non-hydrogen) atoms. The summed E-state index contributed by atoms with van der Waals surface area (Å²) >= 11 is 0. The highest BCUT2D eigenvalue weighted by Crippen LogP contribution is 2.10. The van der Waals surface area contributed by atoms with Gasteiger partial charge in [0.25, 0.3) is 0 Å². The van der Waals surface area contributed by atoms with E-state index in [1.165, 1.54) is 13.0 Å². The van der Waals surface area contributed by atoms with E-state index in [0.717, 1.165) is 12.0 Å². The third-order valence-corrected chi connectivity index (χ3v) is 1.25. The summed E-state index contributed by atoms with van der Waals surface area (Å²) in [4.78, 5) is 0. The molecule has 1 fully saturated rings. The Morgan fingerprint density at radius 1 is 1.71 bits per heavy atom. The van der Waals surface area contributed by atoms with Crippen molar-refractivity contribution in [3.05, 3.63) is 0 Å². The first kappa shape index (κ1) is 5.10. The number of rotatable bonds is 2. The fraction of sp³-hybridized carbons (Fsp3) is 1.00. The lowest BCUT2D eigenvalue weighted by Gasteiger charge is -1.97. The molecule has 0 radical (unpaired) electrons. The molecule has 0 amide bonds. The molecule has 0 spiro atoms. The van der Waals surface area contributed by atoms with Gasteiger partial charge in [-0.3, -0.25) is 0 Å². The second-order valence-electron chi connectivity index (χ2n) is 2.73. The molecule has 0 aromatic carbocycles. The van der Waals surface area contributed by atoms with E-state index in [0.29, 0.717) is 0 Å². The number of hydrogen-bond donors (Lipinski definition) is 1. The van der Waals surface area contributed by atoms with Gasteiger partial charge in [0.1, 0.15) is 0 Å². The zero-order valence-corrected chi connectivity index (χ0v) is 5.07. The van der Waals surface area contributed by atoms with E-state index in [1.54, 1.807) is 0 Å². The van der Waals surface area contributed by atoms with Crippen LogP contribution in [0.3, 0.4) is 0 Å². The van der Waals surface area contributed by atoms with Gasteiger partial charge >= 0.3 is 0 Å². The molecule has 42 valence electrons. The van der Waals surface area contributed by atoms with Gasteiger partial charge in [-0.25, -0.2) is 0 Å². The van der Waals surface area contributed by atoms with Gasteiger partial charge in [-0.15, -0.1) is 0 Å². The molecule has 0 unspecified atom stereocenters. The monoisotopic (exact) mass is 99.1 g/mol. The fourth-order valence-corrected chi connectivity index (χ4v) is 0.819. The Labute approximate surface area is 45.1 Å². The molecule has 0 aromatic heterocycles. The smallest absolute Gasteiger partial charge is 0.0195 e. The van der Waals surface area contributed by atoms with Crippen LogP contribution in [-0.4, -0.2) is 12.6 Å². The Balaban J connectivity index is 1.97. The fourth-order valence-electron chi connectivity index (χ4n) is 0.819. The molecule has 0 saturated carbocycles. The minimum Gasteiger partial charge on any atom is -0.311 e. The van der Waals surface area contributed by atoms with Gasteiger partial charge in [0.2, 0.25) is 0 Å². The van der Waals surface area contributed by atoms with E-state index < -0.39 is 0 Å². The van der Waals surface area contributed by atoms with Crippen LogP contribution in [0.2, 0.25) is 0 Å². The summed E-state index contributed by atoms with van der Waals surface area (Å²) in [6.45, 7) is 5.79. The molecule has 1 aliphatic heterocycles. The summed E-state index contributed by atoms with van der Waals surface area (Å²) in [7, 11) is 0. The Kier molecular flexibility index (Phi) is 1.33. The van der Waals surface area contributed by atoms with Crippen molar-refractivity contribution in [2.75, 3.05) is 6.54 Å². The Bertz CT molecular complexity index is 55.2. The molecule has 1 heteroatoms. The Hall–Kier alpha value is -0.0400. The van der Waals surface area contributed by atoms with Gasteiger partial charge in [-0.1, -0.05) is 13.8 Å². The summed E-state index contributed by atoms with van der Waals surface area (Å²) < 4.78 is 0. The van der Waals surface area contributed by atoms with Crippen LogP contribution in [0.4, 0.5) is 0 Å². The van der Waals surface area contributed by atoms with Crippen LogP contribution in [0, 0.1) is 5.92 Å². The molecule has 0 aromatic rings. The molecular weight excluding hydrogens is 86.1 g/mol. The molecule has 1 nitrogen and oxygen atoms in total. The van der Waals surface area contributed by atoms with E-state index in [9.17, 15) is 0 Å². The standard InChI is InChI=1S/C6H13N/c1-5(2)3-6-4-7-6/h5-7H,3-4H2,1-2H3/t6-/m1/s1. The van der Waals surface area contributed by atoms with E-state index >= 15 is 0 Å². The van der Waals surface area contributed by atoms with E-state index in [2.05, 4.69) is 19.2 Å². The quantitative estimate of drug-likeness (QED) is 0.513. The normalized spacial score (nSPS) is 28.7. The topological polar surface area (TPSA) is 21.9 Å². The lowest BCUT2D eigenvalue weighted by atomic mass is 10.1. The molecule has 1 saturated heterocycles. The van der Waals surface area contributed by atoms with Crippen LogP contribution in [0.15, 0.2) is 0 Å². The second kappa shape index (κ2) is 1.83. The zero-order valence-electron chi connectivity index (χ0n) is 5.07. The average molecular weight is 99.2 g/mol. The van der Waals surface area contributed by atoms with E-state index in [-0.39, 0.29) is 0 Å². The van der Waals surface area contributed by atoms with Gasteiger partial charge in [-0.05, 0) is 12.3 Å². The van der Waals surface area contributed by atoms with Crippen LogP contribution < -0.4 is 5.32 Å². The number of hydrogen-bond acceptors (Lipinski definition) is 1. The summed E-state index contributed by atoms with van der Waals surface area (Å²) in [6, 6.07) is 0.875. The van der Waals surface area contributed by atoms with Crippen molar-refractivity contribution in [2.45, 2.75) is 26.3 Å². The maximum absolute atomic E-state index is 3.27. The minimum absolute atomic E-state index is 0.875. The third kappa shape index (κ3) is 1.93. The number of nitrogens with one attached hydrogen (secondary N) is 1. The lowest BCUT2D eigenvalue weighted by molar-refractivity contribution is 0.580. The minimum atomic E-state index is 0.875. The summed E-state index contributed by atoms with van der Waals surface area (Å²) in [5.41, 5.74) is 0. The van der Waals surface area contributed by atoms with Gasteiger partial charge in [-0.2, -0.15) is 0 Å². The first-order valence-electron chi connectivity index (χ1n) is 3.02. The van der Waals surface area contributed by atoms with Crippen LogP contribution >= 0.6 is 0 Å². The Morgan fingerprint density at radius 3 is 2.43 bits per heavy atom. The maximum Gasteiger partial charge on any atom is 0.0195 e. The predicted molar refractivity (Wildman–Crippen MR) is 31.2 cm³/mol. The van der Waals surface area contributed by atoms with Crippen molar-refractivity contribution in [3.63, 3.8) is 0 Å². The highest BCUT2D eigenvalue weighted by molar-refractivity contribution is 4.83. The van der Waals surface area contributed by atoms with Crippen molar-refractivity contribution in [1.29, 1.82) is 0 Å². The third-order valence-electron chi connectivity index (χ3n) is 1.25. The summed E-state index contributed by atoms with van der Waals surface area (Å²) in [6.07, 6.45) is 1.36. The molecular formula is C6H13N. The molecule has 1 heterocycles. The zero-order chi connectivity index (χ0) is 5.28. The summed E-state index contributed by atoms with van der Waals surface area (Å²) in [5, 5.41) is 3.27. The van der Waals surface area contributed by atoms with Gasteiger partial charge < -0.3 is 5.32 Å². The molecule has 1 atom stereocenters. The van der Waals surface area contributed by atoms with Crippen molar-refractivity contribution in [3.8, 4) is 0 Å². The maximum atomic E-state index is 3.27. The van der Waals surface area contributed by atoms with Crippen LogP contribution in [0.5, 0.6) is 0 Å². The molecule has 1 N–H and O–H groups in total. The highest BCUT2D eigenvalue weighted by atomic mass is 15.1. The molecule has 1 rings (SSSR count). The first-order valence-corrected chi connectivity index (χ1v) is 3.02. The van der Waals surface area contributed by atoms with Gasteiger partial charge in [0.05, 0.1) is 0 Å². The van der Waals surface area contributed by atoms with Crippen molar-refractivity contribution >= 4 is 0 Å². The van der Waals surface area contributed by atoms with E-state index in [4.69, 9.17) is 0 Å². The average Bonchev–Trinajstić information content (AvgIpc) is 2.17. The summed E-state index contributed by atoms with van der Waals surface area (Å²) in [5.74, 6) is 0.875. The second-order valence-corrected chi connectivity index (χ2v) is 2.73. The molecule has 0 aliphatic carbocycles. The van der Waals surface area contributed by atoms with Crippen LogP contribution in [0.1, 0.15) is 20.3 Å². The SMILES string of the molecule is CC(C)C[C@@H]1CN1. The highest BCUT2D eigenvalue weighted by Gasteiger charge is 2.19.